The number of fused-ring (bicyclic) bond motifs is 1. The van der Waals surface area contributed by atoms with Crippen LogP contribution in [0, 0.1) is 17.8 Å². The molecule has 5 heteroatoms. The van der Waals surface area contributed by atoms with E-state index >= 15 is 0 Å². The molecule has 2 N–H and O–H groups in total. The zero-order valence-corrected chi connectivity index (χ0v) is 14.3. The fourth-order valence-electron chi connectivity index (χ4n) is 4.81. The molecule has 2 aliphatic carbocycles. The third kappa shape index (κ3) is 1.97. The Morgan fingerprint density at radius 1 is 1.33 bits per heavy atom. The van der Waals surface area contributed by atoms with Crippen LogP contribution in [0.3, 0.4) is 0 Å². The molecule has 5 nitrogen and oxygen atoms in total. The summed E-state index contributed by atoms with van der Waals surface area (Å²) in [7, 11) is 0. The van der Waals surface area contributed by atoms with Crippen molar-refractivity contribution in [3.63, 3.8) is 0 Å². The molecule has 3 aliphatic rings. The molecule has 1 amide bonds. The molecule has 1 saturated carbocycles. The molecule has 2 aromatic heterocycles. The highest BCUT2D eigenvalue weighted by molar-refractivity contribution is 5.83. The second-order valence-corrected chi connectivity index (χ2v) is 8.11. The van der Waals surface area contributed by atoms with Crippen molar-refractivity contribution in [2.24, 2.45) is 17.8 Å². The number of piperidine rings is 1. The van der Waals surface area contributed by atoms with Crippen molar-refractivity contribution in [1.29, 1.82) is 0 Å². The van der Waals surface area contributed by atoms with E-state index in [1.165, 1.54) is 16.8 Å². The minimum absolute atomic E-state index is 0.195. The van der Waals surface area contributed by atoms with E-state index in [1.807, 2.05) is 0 Å². The highest BCUT2D eigenvalue weighted by Crippen LogP contribution is 2.49. The molecule has 1 saturated heterocycles. The van der Waals surface area contributed by atoms with E-state index in [0.29, 0.717) is 11.8 Å². The van der Waals surface area contributed by atoms with Crippen LogP contribution in [0.1, 0.15) is 37.4 Å². The summed E-state index contributed by atoms with van der Waals surface area (Å²) in [5.41, 5.74) is 3.35. The first-order chi connectivity index (χ1) is 11.6. The lowest BCUT2D eigenvalue weighted by molar-refractivity contribution is -0.124. The molecule has 5 rings (SSSR count). The molecule has 0 radical (unpaired) electrons. The first-order valence-electron chi connectivity index (χ1n) is 9.08. The number of aryl methyl sites for hydroxylation is 2. The molecule has 2 fully saturated rings. The Morgan fingerprint density at radius 3 is 2.92 bits per heavy atom. The lowest BCUT2D eigenvalue weighted by Crippen LogP contribution is -2.44. The van der Waals surface area contributed by atoms with Gasteiger partial charge in [-0.25, -0.2) is 4.98 Å². The van der Waals surface area contributed by atoms with Gasteiger partial charge in [-0.05, 0) is 69.7 Å². The highest BCUT2D eigenvalue weighted by atomic mass is 16.2. The number of carbonyl (C=O) groups excluding carboxylic acids is 1. The van der Waals surface area contributed by atoms with Crippen LogP contribution in [-0.4, -0.2) is 28.4 Å². The Labute approximate surface area is 141 Å². The average Bonchev–Trinajstić information content (AvgIpc) is 2.90. The number of pyridine rings is 1. The first-order valence-corrected chi connectivity index (χ1v) is 9.08. The van der Waals surface area contributed by atoms with Crippen molar-refractivity contribution in [2.45, 2.75) is 38.6 Å². The van der Waals surface area contributed by atoms with E-state index < -0.39 is 5.54 Å². The maximum absolute atomic E-state index is 12.7. The van der Waals surface area contributed by atoms with Gasteiger partial charge in [-0.1, -0.05) is 6.07 Å². The van der Waals surface area contributed by atoms with Crippen LogP contribution >= 0.6 is 0 Å². The molecule has 0 aromatic carbocycles. The minimum atomic E-state index is -0.467. The quantitative estimate of drug-likeness (QED) is 0.902. The van der Waals surface area contributed by atoms with Crippen LogP contribution in [-0.2, 0) is 23.2 Å². The van der Waals surface area contributed by atoms with Gasteiger partial charge < -0.3 is 15.0 Å². The smallest absolute Gasteiger partial charge is 0.224 e. The van der Waals surface area contributed by atoms with Crippen molar-refractivity contribution >= 4 is 11.4 Å². The van der Waals surface area contributed by atoms with Gasteiger partial charge in [0, 0.05) is 12.1 Å². The predicted molar refractivity (Wildman–Crippen MR) is 91.7 cm³/mol. The van der Waals surface area contributed by atoms with E-state index in [9.17, 15) is 4.79 Å². The van der Waals surface area contributed by atoms with Crippen LogP contribution in [0.15, 0.2) is 18.3 Å². The van der Waals surface area contributed by atoms with E-state index in [4.69, 9.17) is 4.98 Å². The largest absolute Gasteiger partial charge is 0.344 e. The van der Waals surface area contributed by atoms with Gasteiger partial charge in [0.25, 0.3) is 0 Å². The number of carbonyl (C=O) groups is 1. The maximum Gasteiger partial charge on any atom is 0.224 e. The number of hydrogen-bond acceptors (Lipinski definition) is 3. The second-order valence-electron chi connectivity index (χ2n) is 8.11. The molecular formula is C19H24N4O. The molecule has 0 bridgehead atoms. The van der Waals surface area contributed by atoms with Crippen LogP contribution in [0.25, 0.3) is 5.52 Å². The topological polar surface area (TPSA) is 58.4 Å². The van der Waals surface area contributed by atoms with Gasteiger partial charge in [0.15, 0.2) is 0 Å². The fraction of sp³-hybridized carbons (Fsp3) is 0.579. The van der Waals surface area contributed by atoms with Gasteiger partial charge in [0.2, 0.25) is 5.91 Å². The summed E-state index contributed by atoms with van der Waals surface area (Å²) in [5, 5.41) is 6.64. The zero-order valence-electron chi connectivity index (χ0n) is 14.3. The summed E-state index contributed by atoms with van der Waals surface area (Å²) in [4.78, 5) is 17.7. The SMILES string of the molecule is CC(C)(NC(=O)[C@H]1[C@@H]2CNC[C@@H]21)c1nc2c3c(cccn13)CCC2. The number of nitrogens with one attached hydrogen (secondary N) is 2. The van der Waals surface area contributed by atoms with Crippen LogP contribution in [0.5, 0.6) is 0 Å². The Bertz CT molecular complexity index is 827. The van der Waals surface area contributed by atoms with E-state index in [2.05, 4.69) is 47.2 Å². The van der Waals surface area contributed by atoms with Crippen molar-refractivity contribution in [3.05, 3.63) is 35.4 Å². The van der Waals surface area contributed by atoms with Gasteiger partial charge in [-0.15, -0.1) is 0 Å². The first kappa shape index (κ1) is 14.5. The van der Waals surface area contributed by atoms with Crippen molar-refractivity contribution < 1.29 is 4.79 Å². The summed E-state index contributed by atoms with van der Waals surface area (Å²) in [5.74, 6) is 2.43. The highest BCUT2D eigenvalue weighted by Gasteiger charge is 2.57. The van der Waals surface area contributed by atoms with E-state index in [-0.39, 0.29) is 11.8 Å². The Hall–Kier alpha value is -1.88. The molecule has 0 spiro atoms. The second kappa shape index (κ2) is 4.82. The maximum atomic E-state index is 12.7. The van der Waals surface area contributed by atoms with Crippen molar-refractivity contribution in [3.8, 4) is 0 Å². The predicted octanol–water partition coefficient (Wildman–Crippen LogP) is 1.64. The van der Waals surface area contributed by atoms with Gasteiger partial charge >= 0.3 is 0 Å². The molecule has 126 valence electrons. The molecule has 0 unspecified atom stereocenters. The molecular weight excluding hydrogens is 300 g/mol. The minimum Gasteiger partial charge on any atom is -0.344 e. The van der Waals surface area contributed by atoms with Crippen LogP contribution in [0.2, 0.25) is 0 Å². The van der Waals surface area contributed by atoms with Gasteiger partial charge in [0.1, 0.15) is 5.82 Å². The zero-order chi connectivity index (χ0) is 16.5. The molecule has 24 heavy (non-hydrogen) atoms. The fourth-order valence-corrected chi connectivity index (χ4v) is 4.81. The third-order valence-electron chi connectivity index (χ3n) is 6.07. The summed E-state index contributed by atoms with van der Waals surface area (Å²) in [6, 6.07) is 4.30. The number of aromatic nitrogens is 2. The Kier molecular flexibility index (Phi) is 2.90. The standard InChI is InChI=1S/C19H24N4O/c1-19(2,22-17(24)15-12-9-20-10-13(12)15)18-21-14-7-3-5-11-6-4-8-23(18)16(11)14/h4,6,8,12-13,15,20H,3,5,7,9-10H2,1-2H3,(H,22,24)/t12-,13+,15+. The van der Waals surface area contributed by atoms with Gasteiger partial charge in [-0.2, -0.15) is 0 Å². The summed E-state index contributed by atoms with van der Waals surface area (Å²) in [6.45, 7) is 6.13. The number of hydrogen-bond donors (Lipinski definition) is 2. The molecule has 1 aliphatic heterocycles. The molecule has 3 atom stereocenters. The van der Waals surface area contributed by atoms with Crippen molar-refractivity contribution in [2.75, 3.05) is 13.1 Å². The number of imidazole rings is 1. The van der Waals surface area contributed by atoms with Gasteiger partial charge in [0.05, 0.1) is 16.7 Å². The summed E-state index contributed by atoms with van der Waals surface area (Å²) in [6.07, 6.45) is 5.39. The number of nitrogens with zero attached hydrogens (tertiary/aromatic N) is 2. The summed E-state index contributed by atoms with van der Waals surface area (Å²) >= 11 is 0. The lowest BCUT2D eigenvalue weighted by atomic mass is 9.99. The van der Waals surface area contributed by atoms with Crippen LogP contribution < -0.4 is 10.6 Å². The van der Waals surface area contributed by atoms with E-state index in [0.717, 1.165) is 38.2 Å². The summed E-state index contributed by atoms with van der Waals surface area (Å²) < 4.78 is 2.19. The number of amides is 1. The third-order valence-corrected chi connectivity index (χ3v) is 6.07. The average molecular weight is 324 g/mol. The Balaban J connectivity index is 1.48. The van der Waals surface area contributed by atoms with E-state index in [1.54, 1.807) is 0 Å². The van der Waals surface area contributed by atoms with Crippen LogP contribution in [0.4, 0.5) is 0 Å². The normalized spacial score (nSPS) is 28.0. The molecule has 2 aromatic rings. The lowest BCUT2D eigenvalue weighted by Gasteiger charge is -2.26. The van der Waals surface area contributed by atoms with Crippen molar-refractivity contribution in [1.82, 2.24) is 20.0 Å². The number of rotatable bonds is 3. The molecule has 3 heterocycles. The Morgan fingerprint density at radius 2 is 2.12 bits per heavy atom. The monoisotopic (exact) mass is 324 g/mol. The van der Waals surface area contributed by atoms with Gasteiger partial charge in [-0.3, -0.25) is 4.79 Å².